The number of hydrogen-bond acceptors (Lipinski definition) is 4. The van der Waals surface area contributed by atoms with E-state index in [1.165, 1.54) is 0 Å². The van der Waals surface area contributed by atoms with Gasteiger partial charge >= 0.3 is 12.1 Å². The molecular formula is C23H25F3N2O2S. The molecule has 1 aliphatic heterocycles. The number of piperazine rings is 1. The predicted molar refractivity (Wildman–Crippen MR) is 115 cm³/mol. The average molecular weight is 451 g/mol. The first-order valence-electron chi connectivity index (χ1n) is 10.4. The van der Waals surface area contributed by atoms with Gasteiger partial charge in [-0.05, 0) is 80.1 Å². The number of fused-ring (bicyclic) bond motifs is 1. The van der Waals surface area contributed by atoms with E-state index in [1.807, 2.05) is 12.1 Å². The minimum absolute atomic E-state index is 0.170. The fourth-order valence-corrected chi connectivity index (χ4v) is 5.74. The summed E-state index contributed by atoms with van der Waals surface area (Å²) >= 11 is 1.67. The van der Waals surface area contributed by atoms with Gasteiger partial charge in [0.25, 0.3) is 0 Å². The maximum Gasteiger partial charge on any atom is 0.416 e. The second kappa shape index (κ2) is 8.39. The SMILES string of the molecule is C[C@@H]1CN(c2ccc(C(F)(F)F)cc2)C[C@H](C)N1Sc1cccc2c1CC(C(=O)O)C2. The van der Waals surface area contributed by atoms with E-state index in [-0.39, 0.29) is 18.0 Å². The molecule has 3 atom stereocenters. The first-order chi connectivity index (χ1) is 14.6. The van der Waals surface area contributed by atoms with Crippen molar-refractivity contribution in [3.8, 4) is 0 Å². The van der Waals surface area contributed by atoms with E-state index in [1.54, 1.807) is 24.1 Å². The molecule has 1 fully saturated rings. The number of carbonyl (C=O) groups is 1. The molecule has 0 saturated carbocycles. The second-order valence-electron chi connectivity index (χ2n) is 8.44. The molecule has 2 aromatic rings. The van der Waals surface area contributed by atoms with Gasteiger partial charge in [-0.1, -0.05) is 12.1 Å². The van der Waals surface area contributed by atoms with Crippen LogP contribution in [0.3, 0.4) is 0 Å². The van der Waals surface area contributed by atoms with Crippen LogP contribution in [-0.2, 0) is 23.8 Å². The van der Waals surface area contributed by atoms with E-state index in [0.717, 1.165) is 33.8 Å². The molecule has 0 radical (unpaired) electrons. The van der Waals surface area contributed by atoms with Crippen LogP contribution in [0.4, 0.5) is 18.9 Å². The number of rotatable bonds is 4. The van der Waals surface area contributed by atoms with Gasteiger partial charge in [-0.25, -0.2) is 4.31 Å². The smallest absolute Gasteiger partial charge is 0.416 e. The Hall–Kier alpha value is -2.19. The van der Waals surface area contributed by atoms with E-state index in [4.69, 9.17) is 0 Å². The van der Waals surface area contributed by atoms with Crippen molar-refractivity contribution in [2.24, 2.45) is 5.92 Å². The Bertz CT molecular complexity index is 952. The van der Waals surface area contributed by atoms with E-state index >= 15 is 0 Å². The van der Waals surface area contributed by atoms with Crippen molar-refractivity contribution >= 4 is 23.6 Å². The van der Waals surface area contributed by atoms with Gasteiger partial charge in [0.1, 0.15) is 0 Å². The van der Waals surface area contributed by atoms with Crippen molar-refractivity contribution in [3.05, 3.63) is 59.2 Å². The number of aliphatic carboxylic acids is 1. The van der Waals surface area contributed by atoms with Gasteiger partial charge in [0.05, 0.1) is 11.5 Å². The van der Waals surface area contributed by atoms with Gasteiger partial charge < -0.3 is 10.0 Å². The van der Waals surface area contributed by atoms with Crippen LogP contribution in [0.1, 0.15) is 30.5 Å². The highest BCUT2D eigenvalue weighted by Crippen LogP contribution is 2.39. The van der Waals surface area contributed by atoms with E-state index < -0.39 is 17.7 Å². The lowest BCUT2D eigenvalue weighted by Crippen LogP contribution is -2.53. The van der Waals surface area contributed by atoms with Crippen molar-refractivity contribution in [2.75, 3.05) is 18.0 Å². The minimum atomic E-state index is -4.33. The number of nitrogens with zero attached hydrogens (tertiary/aromatic N) is 2. The normalized spacial score (nSPS) is 24.3. The van der Waals surface area contributed by atoms with Crippen LogP contribution in [0.15, 0.2) is 47.4 Å². The molecule has 4 rings (SSSR count). The summed E-state index contributed by atoms with van der Waals surface area (Å²) < 4.78 is 40.9. The molecule has 0 aromatic heterocycles. The van der Waals surface area contributed by atoms with Crippen molar-refractivity contribution in [1.82, 2.24) is 4.31 Å². The lowest BCUT2D eigenvalue weighted by atomic mass is 10.1. The molecule has 1 N–H and O–H groups in total. The number of halogens is 3. The summed E-state index contributed by atoms with van der Waals surface area (Å²) in [5.41, 5.74) is 2.40. The molecule has 0 amide bonds. The molecule has 1 heterocycles. The van der Waals surface area contributed by atoms with Gasteiger partial charge in [0.15, 0.2) is 0 Å². The summed E-state index contributed by atoms with van der Waals surface area (Å²) in [5, 5.41) is 9.40. The van der Waals surface area contributed by atoms with E-state index in [2.05, 4.69) is 29.1 Å². The third-order valence-electron chi connectivity index (χ3n) is 6.10. The first kappa shape index (κ1) is 22.0. The number of hydrogen-bond donors (Lipinski definition) is 1. The maximum atomic E-state index is 12.9. The highest BCUT2D eigenvalue weighted by Gasteiger charge is 2.34. The molecule has 166 valence electrons. The molecule has 0 spiro atoms. The third-order valence-corrected chi connectivity index (χ3v) is 7.61. The number of carboxylic acid groups (broad SMARTS) is 1. The molecular weight excluding hydrogens is 425 g/mol. The summed E-state index contributed by atoms with van der Waals surface area (Å²) in [7, 11) is 0. The van der Waals surface area contributed by atoms with Gasteiger partial charge in [-0.2, -0.15) is 13.2 Å². The lowest BCUT2D eigenvalue weighted by Gasteiger charge is -2.44. The van der Waals surface area contributed by atoms with Crippen molar-refractivity contribution < 1.29 is 23.1 Å². The maximum absolute atomic E-state index is 12.9. The molecule has 8 heteroatoms. The van der Waals surface area contributed by atoms with Gasteiger partial charge in [-0.15, -0.1) is 0 Å². The molecule has 4 nitrogen and oxygen atoms in total. The standard InChI is InChI=1S/C23H25F3N2O2S/c1-14-12-27(19-8-6-18(7-9-19)23(24,25)26)13-15(2)28(14)31-21-5-3-4-16-10-17(22(29)30)11-20(16)21/h3-9,14-15,17H,10-13H2,1-2H3,(H,29,30)/t14-,15+,17?. The Labute approximate surface area is 184 Å². The van der Waals surface area contributed by atoms with Crippen LogP contribution >= 0.6 is 11.9 Å². The monoisotopic (exact) mass is 450 g/mol. The summed E-state index contributed by atoms with van der Waals surface area (Å²) in [5.74, 6) is -1.11. The van der Waals surface area contributed by atoms with Crippen LogP contribution in [0.2, 0.25) is 0 Å². The third kappa shape index (κ3) is 4.55. The van der Waals surface area contributed by atoms with Gasteiger partial charge in [0.2, 0.25) is 0 Å². The quantitative estimate of drug-likeness (QED) is 0.656. The Balaban J connectivity index is 1.47. The van der Waals surface area contributed by atoms with Crippen LogP contribution in [-0.4, -0.2) is 40.6 Å². The van der Waals surface area contributed by atoms with E-state index in [9.17, 15) is 23.1 Å². The summed E-state index contributed by atoms with van der Waals surface area (Å²) in [6.07, 6.45) is -3.20. The number of alkyl halides is 3. The van der Waals surface area contributed by atoms with Crippen molar-refractivity contribution in [1.29, 1.82) is 0 Å². The molecule has 0 bridgehead atoms. The topological polar surface area (TPSA) is 43.8 Å². The number of anilines is 1. The van der Waals surface area contributed by atoms with Gasteiger partial charge in [0, 0.05) is 35.8 Å². The molecule has 1 saturated heterocycles. The summed E-state index contributed by atoms with van der Waals surface area (Å²) in [6.45, 7) is 5.64. The number of carboxylic acids is 1. The largest absolute Gasteiger partial charge is 0.481 e. The highest BCUT2D eigenvalue weighted by molar-refractivity contribution is 7.97. The Morgan fingerprint density at radius 3 is 2.26 bits per heavy atom. The van der Waals surface area contributed by atoms with Crippen LogP contribution in [0.25, 0.3) is 0 Å². The fourth-order valence-electron chi connectivity index (χ4n) is 4.55. The van der Waals surface area contributed by atoms with E-state index in [0.29, 0.717) is 25.9 Å². The zero-order valence-corrected chi connectivity index (χ0v) is 18.2. The fraction of sp³-hybridized carbons (Fsp3) is 0.435. The zero-order chi connectivity index (χ0) is 22.3. The van der Waals surface area contributed by atoms with Crippen molar-refractivity contribution in [3.63, 3.8) is 0 Å². The predicted octanol–water partition coefficient (Wildman–Crippen LogP) is 5.11. The zero-order valence-electron chi connectivity index (χ0n) is 17.4. The lowest BCUT2D eigenvalue weighted by molar-refractivity contribution is -0.141. The highest BCUT2D eigenvalue weighted by atomic mass is 32.2. The molecule has 31 heavy (non-hydrogen) atoms. The first-order valence-corrected chi connectivity index (χ1v) is 11.1. The van der Waals surface area contributed by atoms with Crippen LogP contribution in [0, 0.1) is 5.92 Å². The minimum Gasteiger partial charge on any atom is -0.481 e. The molecule has 1 aliphatic carbocycles. The Kier molecular flexibility index (Phi) is 5.96. The Morgan fingerprint density at radius 2 is 1.68 bits per heavy atom. The molecule has 1 unspecified atom stereocenters. The number of benzene rings is 2. The van der Waals surface area contributed by atoms with Crippen molar-refractivity contribution in [2.45, 2.75) is 49.8 Å². The second-order valence-corrected chi connectivity index (χ2v) is 9.48. The summed E-state index contributed by atoms with van der Waals surface area (Å²) in [6, 6.07) is 11.7. The molecule has 2 aromatic carbocycles. The summed E-state index contributed by atoms with van der Waals surface area (Å²) in [4.78, 5) is 14.7. The average Bonchev–Trinajstić information content (AvgIpc) is 3.15. The van der Waals surface area contributed by atoms with Gasteiger partial charge in [-0.3, -0.25) is 4.79 Å². The van der Waals surface area contributed by atoms with Crippen LogP contribution in [0.5, 0.6) is 0 Å². The van der Waals surface area contributed by atoms with Crippen LogP contribution < -0.4 is 4.90 Å². The Morgan fingerprint density at radius 1 is 1.03 bits per heavy atom. The molecule has 2 aliphatic rings.